The van der Waals surface area contributed by atoms with E-state index >= 15 is 0 Å². The van der Waals surface area contributed by atoms with Gasteiger partial charge in [-0.1, -0.05) is 29.8 Å². The molecule has 1 heterocycles. The van der Waals surface area contributed by atoms with E-state index in [1.165, 1.54) is 30.3 Å². The third-order valence-corrected chi connectivity index (χ3v) is 4.10. The van der Waals surface area contributed by atoms with Gasteiger partial charge in [-0.3, -0.25) is 4.79 Å². The first-order chi connectivity index (χ1) is 12.0. The van der Waals surface area contributed by atoms with Gasteiger partial charge in [0.2, 0.25) is 5.78 Å². The monoisotopic (exact) mass is 350 g/mol. The van der Waals surface area contributed by atoms with Crippen molar-refractivity contribution in [2.45, 2.75) is 6.92 Å². The number of hydrogen-bond acceptors (Lipinski definition) is 3. The Morgan fingerprint density at radius 1 is 1.24 bits per heavy atom. The predicted molar refractivity (Wildman–Crippen MR) is 95.8 cm³/mol. The molecular formula is C20H12ClFN2O. The maximum Gasteiger partial charge on any atom is 0.203 e. The van der Waals surface area contributed by atoms with E-state index < -0.39 is 11.6 Å². The van der Waals surface area contributed by atoms with E-state index in [4.69, 9.17) is 11.6 Å². The van der Waals surface area contributed by atoms with Crippen LogP contribution in [-0.4, -0.2) is 10.8 Å². The molecule has 0 N–H and O–H groups in total. The van der Waals surface area contributed by atoms with Gasteiger partial charge in [0, 0.05) is 16.5 Å². The van der Waals surface area contributed by atoms with E-state index in [0.717, 1.165) is 16.5 Å². The fourth-order valence-electron chi connectivity index (χ4n) is 2.50. The Labute approximate surface area is 149 Å². The number of nitrogens with zero attached hydrogens (tertiary/aromatic N) is 2. The van der Waals surface area contributed by atoms with E-state index in [1.54, 1.807) is 6.07 Å². The zero-order chi connectivity index (χ0) is 18.0. The minimum absolute atomic E-state index is 0.0951. The van der Waals surface area contributed by atoms with Crippen LogP contribution in [0.15, 0.2) is 54.1 Å². The van der Waals surface area contributed by atoms with Crippen molar-refractivity contribution >= 4 is 34.4 Å². The number of ketones is 1. The molecule has 0 aliphatic carbocycles. The van der Waals surface area contributed by atoms with Gasteiger partial charge in [-0.05, 0) is 48.9 Å². The molecule has 0 saturated carbocycles. The van der Waals surface area contributed by atoms with Crippen molar-refractivity contribution in [2.24, 2.45) is 0 Å². The minimum Gasteiger partial charge on any atom is -0.288 e. The Morgan fingerprint density at radius 2 is 1.96 bits per heavy atom. The summed E-state index contributed by atoms with van der Waals surface area (Å²) >= 11 is 6.22. The molecule has 5 heteroatoms. The first-order valence-corrected chi connectivity index (χ1v) is 7.85. The number of Topliss-reactive ketones (excluding diaryl/α,β-unsaturated/α-hetero) is 1. The highest BCUT2D eigenvalue weighted by molar-refractivity contribution is 6.31. The first-order valence-electron chi connectivity index (χ1n) is 7.47. The lowest BCUT2D eigenvalue weighted by Crippen LogP contribution is -2.02. The summed E-state index contributed by atoms with van der Waals surface area (Å²) in [6.45, 7) is 1.93. The van der Waals surface area contributed by atoms with Gasteiger partial charge in [-0.2, -0.15) is 5.26 Å². The van der Waals surface area contributed by atoms with Gasteiger partial charge in [0.25, 0.3) is 0 Å². The van der Waals surface area contributed by atoms with Gasteiger partial charge in [0.1, 0.15) is 22.6 Å². The second kappa shape index (κ2) is 6.84. The molecule has 2 aromatic carbocycles. The quantitative estimate of drug-likeness (QED) is 0.285. The number of fused-ring (bicyclic) bond motifs is 1. The molecule has 0 amide bonds. The highest BCUT2D eigenvalue weighted by Crippen LogP contribution is 2.25. The number of carbonyl (C=O) groups is 1. The summed E-state index contributed by atoms with van der Waals surface area (Å²) in [4.78, 5) is 16.8. The molecule has 3 rings (SSSR count). The van der Waals surface area contributed by atoms with Crippen molar-refractivity contribution in [3.05, 3.63) is 81.8 Å². The van der Waals surface area contributed by atoms with Gasteiger partial charge in [-0.15, -0.1) is 0 Å². The Morgan fingerprint density at radius 3 is 2.64 bits per heavy atom. The highest BCUT2D eigenvalue weighted by atomic mass is 35.5. The van der Waals surface area contributed by atoms with Crippen LogP contribution in [0.3, 0.4) is 0 Å². The fourth-order valence-corrected chi connectivity index (χ4v) is 2.70. The van der Waals surface area contributed by atoms with Gasteiger partial charge >= 0.3 is 0 Å². The predicted octanol–water partition coefficient (Wildman–Crippen LogP) is 5.13. The zero-order valence-corrected chi connectivity index (χ0v) is 14.0. The number of aryl methyl sites for hydroxylation is 1. The van der Waals surface area contributed by atoms with Crippen LogP contribution in [0, 0.1) is 24.1 Å². The molecule has 0 aliphatic heterocycles. The second-order valence-corrected chi connectivity index (χ2v) is 5.88. The number of benzene rings is 2. The van der Waals surface area contributed by atoms with Crippen LogP contribution in [0.1, 0.15) is 21.5 Å². The number of carbonyl (C=O) groups excluding carboxylic acids is 1. The number of aromatic nitrogens is 1. The highest BCUT2D eigenvalue weighted by Gasteiger charge is 2.14. The molecule has 0 unspecified atom stereocenters. The normalized spacial score (nSPS) is 11.4. The zero-order valence-electron chi connectivity index (χ0n) is 13.3. The number of nitriles is 1. The van der Waals surface area contributed by atoms with Crippen molar-refractivity contribution in [2.75, 3.05) is 0 Å². The summed E-state index contributed by atoms with van der Waals surface area (Å²) in [7, 11) is 0. The van der Waals surface area contributed by atoms with Crippen molar-refractivity contribution in [3.8, 4) is 6.07 Å². The lowest BCUT2D eigenvalue weighted by Gasteiger charge is -2.05. The number of allylic oxidation sites excluding steroid dienone is 1. The first kappa shape index (κ1) is 16.8. The lowest BCUT2D eigenvalue weighted by atomic mass is 10.0. The Balaban J connectivity index is 2.07. The SMILES string of the molecule is Cc1cccc2cc(/C=C(\C#N)C(=O)c3ccc(F)cc3)c(Cl)nc12. The fraction of sp³-hybridized carbons (Fsp3) is 0.0500. The van der Waals surface area contributed by atoms with Crippen LogP contribution in [0.4, 0.5) is 4.39 Å². The van der Waals surface area contributed by atoms with E-state index in [9.17, 15) is 14.4 Å². The minimum atomic E-state index is -0.497. The van der Waals surface area contributed by atoms with E-state index in [0.29, 0.717) is 5.56 Å². The number of hydrogen-bond donors (Lipinski definition) is 0. The average Bonchev–Trinajstić information content (AvgIpc) is 2.61. The number of para-hydroxylation sites is 1. The summed E-state index contributed by atoms with van der Waals surface area (Å²) < 4.78 is 13.0. The van der Waals surface area contributed by atoms with Gasteiger partial charge in [-0.25, -0.2) is 9.37 Å². The maximum atomic E-state index is 13.0. The van der Waals surface area contributed by atoms with Crippen molar-refractivity contribution < 1.29 is 9.18 Å². The average molecular weight is 351 g/mol. The van der Waals surface area contributed by atoms with Crippen molar-refractivity contribution in [1.29, 1.82) is 5.26 Å². The summed E-state index contributed by atoms with van der Waals surface area (Å²) in [5, 5.41) is 10.4. The third kappa shape index (κ3) is 3.42. The topological polar surface area (TPSA) is 53.8 Å². The Hall–Kier alpha value is -3.03. The molecule has 1 aromatic heterocycles. The number of pyridine rings is 1. The molecule has 0 aliphatic rings. The van der Waals surface area contributed by atoms with Crippen LogP contribution in [0.5, 0.6) is 0 Å². The molecule has 3 nitrogen and oxygen atoms in total. The molecular weight excluding hydrogens is 339 g/mol. The largest absolute Gasteiger partial charge is 0.288 e. The van der Waals surface area contributed by atoms with E-state index in [1.807, 2.05) is 31.2 Å². The smallest absolute Gasteiger partial charge is 0.203 e. The lowest BCUT2D eigenvalue weighted by molar-refractivity contribution is 0.104. The molecule has 0 radical (unpaired) electrons. The van der Waals surface area contributed by atoms with Crippen molar-refractivity contribution in [3.63, 3.8) is 0 Å². The molecule has 25 heavy (non-hydrogen) atoms. The standard InChI is InChI=1S/C20H12ClFN2O/c1-12-3-2-4-14-9-15(20(21)24-18(12)14)10-16(11-23)19(25)13-5-7-17(22)8-6-13/h2-10H,1H3/b16-10+. The molecule has 0 bridgehead atoms. The number of halogens is 2. The summed E-state index contributed by atoms with van der Waals surface area (Å²) in [6.07, 6.45) is 1.41. The maximum absolute atomic E-state index is 13.0. The Kier molecular flexibility index (Phi) is 4.60. The molecule has 0 fully saturated rings. The summed E-state index contributed by atoms with van der Waals surface area (Å²) in [6, 6.07) is 14.4. The molecule has 0 atom stereocenters. The molecule has 3 aromatic rings. The second-order valence-electron chi connectivity index (χ2n) is 5.52. The Bertz CT molecular complexity index is 1050. The van der Waals surface area contributed by atoms with Gasteiger partial charge in [0.05, 0.1) is 5.52 Å². The number of rotatable bonds is 3. The summed E-state index contributed by atoms with van der Waals surface area (Å²) in [5.41, 5.74) is 2.37. The molecule has 0 saturated heterocycles. The van der Waals surface area contributed by atoms with Crippen LogP contribution in [-0.2, 0) is 0 Å². The van der Waals surface area contributed by atoms with Crippen LogP contribution < -0.4 is 0 Å². The van der Waals surface area contributed by atoms with Crippen LogP contribution >= 0.6 is 11.6 Å². The summed E-state index contributed by atoms with van der Waals surface area (Å²) in [5.74, 6) is -0.945. The third-order valence-electron chi connectivity index (χ3n) is 3.80. The van der Waals surface area contributed by atoms with E-state index in [-0.39, 0.29) is 16.3 Å². The van der Waals surface area contributed by atoms with Crippen LogP contribution in [0.25, 0.3) is 17.0 Å². The molecule has 122 valence electrons. The van der Waals surface area contributed by atoms with Crippen LogP contribution in [0.2, 0.25) is 5.15 Å². The van der Waals surface area contributed by atoms with Crippen molar-refractivity contribution in [1.82, 2.24) is 4.98 Å². The molecule has 0 spiro atoms. The van der Waals surface area contributed by atoms with Gasteiger partial charge < -0.3 is 0 Å². The van der Waals surface area contributed by atoms with E-state index in [2.05, 4.69) is 4.98 Å². The van der Waals surface area contributed by atoms with Gasteiger partial charge in [0.15, 0.2) is 0 Å².